The number of imide groups is 1. The normalized spacial score (nSPS) is 23.6. The van der Waals surface area contributed by atoms with Crippen molar-refractivity contribution in [2.24, 2.45) is 23.2 Å². The molecule has 2 aromatic carbocycles. The first kappa shape index (κ1) is 61.0. The van der Waals surface area contributed by atoms with Gasteiger partial charge in [0.15, 0.2) is 0 Å². The Morgan fingerprint density at radius 1 is 0.844 bits per heavy atom. The number of epoxide rings is 1. The van der Waals surface area contributed by atoms with E-state index in [0.717, 1.165) is 11.1 Å². The van der Waals surface area contributed by atoms with Crippen molar-refractivity contribution in [1.82, 2.24) is 37.0 Å². The zero-order chi connectivity index (χ0) is 56.9. The van der Waals surface area contributed by atoms with Crippen LogP contribution in [0.1, 0.15) is 130 Å². The number of hydroxylamine groups is 2. The molecule has 3 unspecified atom stereocenters. The van der Waals surface area contributed by atoms with E-state index in [1.165, 1.54) is 20.1 Å². The van der Waals surface area contributed by atoms with Crippen LogP contribution >= 0.6 is 11.6 Å². The van der Waals surface area contributed by atoms with Crippen molar-refractivity contribution < 1.29 is 67.0 Å². The van der Waals surface area contributed by atoms with Crippen molar-refractivity contribution >= 4 is 70.8 Å². The highest BCUT2D eigenvalue weighted by Gasteiger charge is 2.48. The molecule has 0 spiro atoms. The molecule has 0 saturated carbocycles. The minimum absolute atomic E-state index is 0.0109. The summed E-state index contributed by atoms with van der Waals surface area (Å²) in [6.07, 6.45) is 1.32. The van der Waals surface area contributed by atoms with E-state index in [-0.39, 0.29) is 75.9 Å². The fourth-order valence-corrected chi connectivity index (χ4v) is 8.93. The minimum Gasteiger partial charge on any atom is -0.495 e. The molecule has 0 radical (unpaired) electrons. The van der Waals surface area contributed by atoms with Crippen LogP contribution in [0, 0.1) is 23.2 Å². The Morgan fingerprint density at radius 3 is 2.13 bits per heavy atom. The van der Waals surface area contributed by atoms with Crippen LogP contribution in [0.5, 0.6) is 5.75 Å². The lowest BCUT2D eigenvalue weighted by atomic mass is 9.83. The van der Waals surface area contributed by atoms with Crippen LogP contribution in [0.25, 0.3) is 0 Å². The number of carbonyl (C=O) groups is 10. The fourth-order valence-electron chi connectivity index (χ4n) is 8.65. The Bertz CT molecular complexity index is 2540. The first-order valence-electron chi connectivity index (χ1n) is 26.1. The number of benzene rings is 2. The van der Waals surface area contributed by atoms with Crippen molar-refractivity contribution in [3.8, 4) is 5.75 Å². The maximum Gasteiger partial charge on any atom is 0.333 e. The molecule has 21 nitrogen and oxygen atoms in total. The summed E-state index contributed by atoms with van der Waals surface area (Å²) in [6.45, 7) is 15.8. The standard InChI is InChI=1S/C55H74ClN7O14/c1-29(2)25-39-53(72)75-40(13-11-14-42(64)60-38(27-35-19-22-41(74-10)37(56)26-35)51(70)59-33(7)55(8,9)54(73)61-39)31(5)48-49(76-48)36-20-17-34(18-21-36)28-57-50(69)32(6)58-52(71)47(30(3)4)62-43(65)15-12-16-46(68)77-63-44(66)23-24-45(63)67/h11,14,17-22,26,29-33,38-40,47-49H,12-13,15-16,23-25,27-28H2,1-10H3,(H,57,69)(H,58,71)(H,59,70)(H,60,64)(H,61,73)(H,62,65)/b14-11+/t31-,32?,33?,38+,39-,40-,47?,48+,49+/m0/s1. The van der Waals surface area contributed by atoms with Crippen molar-refractivity contribution in [2.75, 3.05) is 7.11 Å². The van der Waals surface area contributed by atoms with Crippen LogP contribution in [0.4, 0.5) is 0 Å². The van der Waals surface area contributed by atoms with Crippen LogP contribution in [0.3, 0.4) is 0 Å². The highest BCUT2D eigenvalue weighted by molar-refractivity contribution is 6.32. The van der Waals surface area contributed by atoms with Crippen LogP contribution in [0.15, 0.2) is 54.6 Å². The van der Waals surface area contributed by atoms with E-state index in [4.69, 9.17) is 30.6 Å². The van der Waals surface area contributed by atoms with Gasteiger partial charge in [0.25, 0.3) is 11.8 Å². The Morgan fingerprint density at radius 2 is 1.51 bits per heavy atom. The highest BCUT2D eigenvalue weighted by atomic mass is 35.5. The van der Waals surface area contributed by atoms with Gasteiger partial charge in [-0.15, -0.1) is 5.06 Å². The predicted molar refractivity (Wildman–Crippen MR) is 281 cm³/mol. The molecule has 2 saturated heterocycles. The van der Waals surface area contributed by atoms with E-state index in [2.05, 4.69) is 31.9 Å². The smallest absolute Gasteiger partial charge is 0.333 e. The Labute approximate surface area is 454 Å². The average Bonchev–Trinajstić information content (AvgIpc) is 4.11. The molecular weight excluding hydrogens is 1020 g/mol. The number of amides is 8. The molecule has 2 fully saturated rings. The zero-order valence-electron chi connectivity index (χ0n) is 45.5. The number of nitrogens with zero attached hydrogens (tertiary/aromatic N) is 1. The minimum atomic E-state index is -1.21. The number of esters is 1. The number of carbonyl (C=O) groups excluding carboxylic acids is 10. The molecule has 0 aliphatic carbocycles. The SMILES string of the molecule is COc1ccc(C[C@H]2NC(=O)/C=C/C[C@@H]([C@H](C)[C@H]3O[C@@H]3c3ccc(CNC(=O)C(C)NC(=O)C(NC(=O)CCCC(=O)ON4C(=O)CCC4=O)C(C)C)cc3)OC(=O)[C@H](CC(C)C)NC(=O)C(C)(C)C(C)NC2=O)cc1Cl. The summed E-state index contributed by atoms with van der Waals surface area (Å²) >= 11 is 6.40. The molecule has 22 heteroatoms. The number of nitrogens with one attached hydrogen (secondary N) is 6. The van der Waals surface area contributed by atoms with Gasteiger partial charge in [-0.05, 0) is 87.3 Å². The van der Waals surface area contributed by atoms with Gasteiger partial charge in [-0.3, -0.25) is 38.4 Å². The van der Waals surface area contributed by atoms with E-state index in [9.17, 15) is 47.9 Å². The molecule has 3 heterocycles. The quantitative estimate of drug-likeness (QED) is 0.0618. The first-order valence-corrected chi connectivity index (χ1v) is 26.5. The van der Waals surface area contributed by atoms with Crippen molar-refractivity contribution in [2.45, 2.75) is 169 Å². The monoisotopic (exact) mass is 1090 g/mol. The molecule has 420 valence electrons. The molecule has 3 aliphatic heterocycles. The molecule has 77 heavy (non-hydrogen) atoms. The van der Waals surface area contributed by atoms with Gasteiger partial charge in [0.1, 0.15) is 42.1 Å². The zero-order valence-corrected chi connectivity index (χ0v) is 46.2. The lowest BCUT2D eigenvalue weighted by Gasteiger charge is -2.34. The molecule has 8 amide bonds. The summed E-state index contributed by atoms with van der Waals surface area (Å²) in [4.78, 5) is 135. The van der Waals surface area contributed by atoms with Gasteiger partial charge in [0.2, 0.25) is 35.4 Å². The van der Waals surface area contributed by atoms with Crippen LogP contribution in [-0.4, -0.2) is 114 Å². The maximum atomic E-state index is 14.1. The Hall–Kier alpha value is -6.87. The summed E-state index contributed by atoms with van der Waals surface area (Å²) in [7, 11) is 1.49. The average molecular weight is 1090 g/mol. The largest absolute Gasteiger partial charge is 0.495 e. The van der Waals surface area contributed by atoms with Crippen molar-refractivity contribution in [3.05, 3.63) is 76.3 Å². The van der Waals surface area contributed by atoms with Gasteiger partial charge < -0.3 is 50.9 Å². The summed E-state index contributed by atoms with van der Waals surface area (Å²) < 4.78 is 17.7. The first-order chi connectivity index (χ1) is 36.3. The molecule has 9 atom stereocenters. The van der Waals surface area contributed by atoms with Gasteiger partial charge in [0.05, 0.1) is 23.7 Å². The number of cyclic esters (lactones) is 1. The molecule has 0 bridgehead atoms. The number of rotatable bonds is 20. The van der Waals surface area contributed by atoms with Crippen LogP contribution < -0.4 is 36.6 Å². The molecule has 3 aliphatic rings. The number of ether oxygens (including phenoxy) is 3. The third-order valence-electron chi connectivity index (χ3n) is 13.9. The summed E-state index contributed by atoms with van der Waals surface area (Å²) in [5.41, 5.74) is 1.02. The molecule has 2 aromatic rings. The summed E-state index contributed by atoms with van der Waals surface area (Å²) in [5, 5.41) is 17.5. The van der Waals surface area contributed by atoms with E-state index < -0.39 is 113 Å². The van der Waals surface area contributed by atoms with E-state index in [0.29, 0.717) is 21.4 Å². The Kier molecular flexibility index (Phi) is 21.7. The topological polar surface area (TPSA) is 286 Å². The van der Waals surface area contributed by atoms with Gasteiger partial charge in [0, 0.05) is 57.0 Å². The molecular formula is C55H74ClN7O14. The van der Waals surface area contributed by atoms with Crippen LogP contribution in [0.2, 0.25) is 5.02 Å². The van der Waals surface area contributed by atoms with Crippen molar-refractivity contribution in [1.29, 1.82) is 0 Å². The molecule has 6 N–H and O–H groups in total. The maximum absolute atomic E-state index is 14.1. The van der Waals surface area contributed by atoms with Crippen molar-refractivity contribution in [3.63, 3.8) is 0 Å². The number of halogens is 1. The van der Waals surface area contributed by atoms with Gasteiger partial charge in [-0.1, -0.05) is 82.6 Å². The summed E-state index contributed by atoms with van der Waals surface area (Å²) in [6, 6.07) is 7.64. The highest BCUT2D eigenvalue weighted by Crippen LogP contribution is 2.45. The molecule has 5 rings (SSSR count). The Balaban J connectivity index is 1.19. The lowest BCUT2D eigenvalue weighted by molar-refractivity contribution is -0.197. The second kappa shape index (κ2) is 27.4. The van der Waals surface area contributed by atoms with E-state index in [1.54, 1.807) is 58.9 Å². The van der Waals surface area contributed by atoms with E-state index in [1.807, 2.05) is 45.0 Å². The lowest BCUT2D eigenvalue weighted by Crippen LogP contribution is -2.58. The van der Waals surface area contributed by atoms with Gasteiger partial charge in [-0.25, -0.2) is 9.59 Å². The number of hydrogen-bond acceptors (Lipinski definition) is 14. The van der Waals surface area contributed by atoms with Gasteiger partial charge in [-0.2, -0.15) is 0 Å². The third-order valence-corrected chi connectivity index (χ3v) is 14.2. The number of methoxy groups -OCH3 is 1. The predicted octanol–water partition coefficient (Wildman–Crippen LogP) is 4.12. The van der Waals surface area contributed by atoms with E-state index >= 15 is 0 Å². The third kappa shape index (κ3) is 17.3. The van der Waals surface area contributed by atoms with Gasteiger partial charge >= 0.3 is 11.9 Å². The second-order valence-electron chi connectivity index (χ2n) is 21.2. The fraction of sp³-hybridized carbons (Fsp3) is 0.564. The van der Waals surface area contributed by atoms with Crippen LogP contribution in [-0.2, 0) is 75.2 Å². The number of hydrogen-bond donors (Lipinski definition) is 6. The molecule has 0 aromatic heterocycles. The summed E-state index contributed by atoms with van der Waals surface area (Å²) in [5.74, 6) is -6.18. The second-order valence-corrected chi connectivity index (χ2v) is 21.6.